The zero-order valence-corrected chi connectivity index (χ0v) is 9.08. The summed E-state index contributed by atoms with van der Waals surface area (Å²) in [6, 6.07) is 6.31. The average Bonchev–Trinajstić information content (AvgIpc) is 2.25. The Morgan fingerprint density at radius 3 is 2.21 bits per heavy atom. The van der Waals surface area contributed by atoms with E-state index in [1.165, 1.54) is 17.5 Å². The van der Waals surface area contributed by atoms with Gasteiger partial charge in [-0.15, -0.1) is 0 Å². The molecular formula is C12H17NO. The summed E-state index contributed by atoms with van der Waals surface area (Å²) in [6.45, 7) is 4.28. The van der Waals surface area contributed by atoms with Crippen molar-refractivity contribution in [2.75, 3.05) is 7.11 Å². The van der Waals surface area contributed by atoms with Gasteiger partial charge in [-0.1, -0.05) is 32.0 Å². The lowest BCUT2D eigenvalue weighted by atomic mass is 10.0. The van der Waals surface area contributed by atoms with Crippen LogP contribution in [-0.4, -0.2) is 13.5 Å². The van der Waals surface area contributed by atoms with Crippen LogP contribution in [0.1, 0.15) is 25.0 Å². The highest BCUT2D eigenvalue weighted by Gasteiger charge is 2.03. The van der Waals surface area contributed by atoms with Crippen LogP contribution in [0, 0.1) is 0 Å². The van der Waals surface area contributed by atoms with E-state index in [0.717, 1.165) is 18.5 Å². The Hall–Kier alpha value is -1.31. The molecule has 76 valence electrons. The van der Waals surface area contributed by atoms with Crippen LogP contribution < -0.4 is 0 Å². The predicted octanol–water partition coefficient (Wildman–Crippen LogP) is 3.12. The maximum absolute atomic E-state index is 4.85. The number of hydrogen-bond donors (Lipinski definition) is 0. The Bertz CT molecular complexity index is 296. The van der Waals surface area contributed by atoms with Gasteiger partial charge >= 0.3 is 0 Å². The van der Waals surface area contributed by atoms with Gasteiger partial charge in [-0.3, -0.25) is 0 Å². The summed E-state index contributed by atoms with van der Waals surface area (Å²) in [6.07, 6.45) is 3.50. The van der Waals surface area contributed by atoms with Crippen molar-refractivity contribution in [2.45, 2.75) is 26.7 Å². The fraction of sp³-hybridized carbons (Fsp3) is 0.417. The topological polar surface area (TPSA) is 21.6 Å². The molecule has 0 heterocycles. The fourth-order valence-corrected chi connectivity index (χ4v) is 1.49. The fourth-order valence-electron chi connectivity index (χ4n) is 1.49. The highest BCUT2D eigenvalue weighted by molar-refractivity contribution is 5.62. The van der Waals surface area contributed by atoms with Gasteiger partial charge in [0.1, 0.15) is 0 Å². The number of para-hydroxylation sites is 1. The van der Waals surface area contributed by atoms with Gasteiger partial charge in [0.25, 0.3) is 0 Å². The van der Waals surface area contributed by atoms with Crippen LogP contribution in [0.15, 0.2) is 23.2 Å². The van der Waals surface area contributed by atoms with Gasteiger partial charge in [0.2, 0.25) is 0 Å². The van der Waals surface area contributed by atoms with E-state index in [0.29, 0.717) is 0 Å². The van der Waals surface area contributed by atoms with Crippen molar-refractivity contribution in [1.82, 2.24) is 0 Å². The Morgan fingerprint density at radius 2 is 1.79 bits per heavy atom. The molecule has 1 aromatic carbocycles. The third-order valence-corrected chi connectivity index (χ3v) is 2.25. The van der Waals surface area contributed by atoms with Crippen molar-refractivity contribution in [2.24, 2.45) is 4.99 Å². The largest absolute Gasteiger partial charge is 0.486 e. The first-order valence-electron chi connectivity index (χ1n) is 4.99. The van der Waals surface area contributed by atoms with Crippen LogP contribution in [0.5, 0.6) is 0 Å². The number of nitrogens with zero attached hydrogens (tertiary/aromatic N) is 1. The quantitative estimate of drug-likeness (QED) is 0.529. The smallest absolute Gasteiger partial charge is 0.174 e. The Labute approximate surface area is 85.6 Å². The Kier molecular flexibility index (Phi) is 4.17. The lowest BCUT2D eigenvalue weighted by Crippen LogP contribution is -1.89. The highest BCUT2D eigenvalue weighted by Crippen LogP contribution is 2.25. The molecule has 1 aromatic rings. The van der Waals surface area contributed by atoms with Crippen molar-refractivity contribution in [3.63, 3.8) is 0 Å². The first-order chi connectivity index (χ1) is 6.83. The van der Waals surface area contributed by atoms with Gasteiger partial charge < -0.3 is 4.74 Å². The van der Waals surface area contributed by atoms with Crippen molar-refractivity contribution in [3.8, 4) is 0 Å². The molecule has 0 aliphatic carbocycles. The second kappa shape index (κ2) is 5.43. The first kappa shape index (κ1) is 10.8. The molecule has 0 radical (unpaired) electrons. The van der Waals surface area contributed by atoms with Crippen LogP contribution in [0.25, 0.3) is 0 Å². The summed E-state index contributed by atoms with van der Waals surface area (Å²) in [5.41, 5.74) is 3.62. The Balaban J connectivity index is 3.12. The minimum atomic E-state index is 1.00. The average molecular weight is 191 g/mol. The second-order valence-electron chi connectivity index (χ2n) is 3.10. The van der Waals surface area contributed by atoms with Gasteiger partial charge in [0.05, 0.1) is 12.8 Å². The zero-order chi connectivity index (χ0) is 10.4. The zero-order valence-electron chi connectivity index (χ0n) is 9.08. The van der Waals surface area contributed by atoms with Gasteiger partial charge in [0, 0.05) is 0 Å². The molecule has 0 spiro atoms. The van der Waals surface area contributed by atoms with Crippen LogP contribution in [0.3, 0.4) is 0 Å². The number of rotatable bonds is 4. The molecule has 2 heteroatoms. The summed E-state index contributed by atoms with van der Waals surface area (Å²) in [5, 5.41) is 0. The highest BCUT2D eigenvalue weighted by atomic mass is 16.5. The molecule has 1 rings (SSSR count). The molecule has 14 heavy (non-hydrogen) atoms. The molecule has 0 fully saturated rings. The molecule has 0 amide bonds. The summed E-state index contributed by atoms with van der Waals surface area (Å²) in [4.78, 5) is 4.32. The molecule has 0 N–H and O–H groups in total. The summed E-state index contributed by atoms with van der Waals surface area (Å²) in [5.74, 6) is 0. The number of aryl methyl sites for hydroxylation is 2. The normalized spacial score (nSPS) is 10.8. The molecular weight excluding hydrogens is 174 g/mol. The third kappa shape index (κ3) is 2.34. The molecule has 0 aliphatic rings. The van der Waals surface area contributed by atoms with E-state index in [-0.39, 0.29) is 0 Å². The molecule has 0 saturated heterocycles. The lowest BCUT2D eigenvalue weighted by molar-refractivity contribution is 0.423. The minimum absolute atomic E-state index is 1.00. The van der Waals surface area contributed by atoms with Crippen LogP contribution in [0.2, 0.25) is 0 Å². The van der Waals surface area contributed by atoms with Gasteiger partial charge in [-0.05, 0) is 24.0 Å². The number of benzene rings is 1. The molecule has 0 bridgehead atoms. The standard InChI is InChI=1S/C12H17NO/c1-4-10-7-6-8-11(5-2)12(10)13-9-14-3/h6-9H,4-5H2,1-3H3. The molecule has 2 nitrogen and oxygen atoms in total. The molecule has 0 atom stereocenters. The van der Waals surface area contributed by atoms with E-state index in [1.54, 1.807) is 7.11 Å². The Morgan fingerprint density at radius 1 is 1.21 bits per heavy atom. The van der Waals surface area contributed by atoms with Gasteiger partial charge in [-0.2, -0.15) is 0 Å². The summed E-state index contributed by atoms with van der Waals surface area (Å²) in [7, 11) is 1.61. The molecule has 0 unspecified atom stereocenters. The van der Waals surface area contributed by atoms with Crippen LogP contribution in [-0.2, 0) is 17.6 Å². The molecule has 0 saturated carbocycles. The summed E-state index contributed by atoms with van der Waals surface area (Å²) >= 11 is 0. The number of ether oxygens (including phenoxy) is 1. The van der Waals surface area contributed by atoms with E-state index in [1.807, 2.05) is 0 Å². The van der Waals surface area contributed by atoms with E-state index in [2.05, 4.69) is 37.0 Å². The van der Waals surface area contributed by atoms with E-state index in [4.69, 9.17) is 4.74 Å². The SMILES string of the molecule is CCc1cccc(CC)c1N=COC. The van der Waals surface area contributed by atoms with Crippen molar-refractivity contribution < 1.29 is 4.74 Å². The van der Waals surface area contributed by atoms with E-state index >= 15 is 0 Å². The van der Waals surface area contributed by atoms with Crippen molar-refractivity contribution >= 4 is 12.1 Å². The van der Waals surface area contributed by atoms with E-state index < -0.39 is 0 Å². The van der Waals surface area contributed by atoms with Crippen molar-refractivity contribution in [3.05, 3.63) is 29.3 Å². The third-order valence-electron chi connectivity index (χ3n) is 2.25. The van der Waals surface area contributed by atoms with Crippen molar-refractivity contribution in [1.29, 1.82) is 0 Å². The number of hydrogen-bond acceptors (Lipinski definition) is 2. The number of methoxy groups -OCH3 is 1. The second-order valence-corrected chi connectivity index (χ2v) is 3.10. The predicted molar refractivity (Wildman–Crippen MR) is 60.4 cm³/mol. The lowest BCUT2D eigenvalue weighted by Gasteiger charge is -2.07. The number of aliphatic imine (C=N–C) groups is 1. The minimum Gasteiger partial charge on any atom is -0.486 e. The molecule has 0 aromatic heterocycles. The van der Waals surface area contributed by atoms with Crippen LogP contribution >= 0.6 is 0 Å². The first-order valence-corrected chi connectivity index (χ1v) is 4.99. The monoisotopic (exact) mass is 191 g/mol. The maximum atomic E-state index is 4.85. The van der Waals surface area contributed by atoms with E-state index in [9.17, 15) is 0 Å². The maximum Gasteiger partial charge on any atom is 0.174 e. The van der Waals surface area contributed by atoms with Crippen LogP contribution in [0.4, 0.5) is 5.69 Å². The summed E-state index contributed by atoms with van der Waals surface area (Å²) < 4.78 is 4.85. The molecule has 0 aliphatic heterocycles. The van der Waals surface area contributed by atoms with Gasteiger partial charge in [-0.25, -0.2) is 4.99 Å². The van der Waals surface area contributed by atoms with Gasteiger partial charge in [0.15, 0.2) is 6.40 Å².